The highest BCUT2D eigenvalue weighted by atomic mass is 35.5. The van der Waals surface area contributed by atoms with Crippen LogP contribution in [0, 0.1) is 0 Å². The smallest absolute Gasteiger partial charge is 0.264 e. The van der Waals surface area contributed by atoms with Gasteiger partial charge in [-0.05, 0) is 48.0 Å². The Hall–Kier alpha value is -2.94. The molecule has 7 nitrogen and oxygen atoms in total. The summed E-state index contributed by atoms with van der Waals surface area (Å²) in [4.78, 5) is 12.7. The van der Waals surface area contributed by atoms with E-state index in [2.05, 4.69) is 5.32 Å². The molecule has 3 rings (SSSR count). The molecule has 0 heterocycles. The molecule has 0 saturated carbocycles. The zero-order valence-electron chi connectivity index (χ0n) is 17.9. The fourth-order valence-electron chi connectivity index (χ4n) is 3.05. The molecule has 0 bridgehead atoms. The van der Waals surface area contributed by atoms with E-state index in [0.29, 0.717) is 21.4 Å². The number of nitrogens with one attached hydrogen (secondary N) is 1. The Morgan fingerprint density at radius 3 is 2.24 bits per heavy atom. The molecule has 0 saturated heterocycles. The minimum atomic E-state index is -4.14. The molecule has 0 radical (unpaired) electrons. The Bertz CT molecular complexity index is 1230. The van der Waals surface area contributed by atoms with E-state index >= 15 is 0 Å². The fraction of sp³-hybridized carbons (Fsp3) is 0.174. The molecule has 0 aliphatic heterocycles. The molecule has 0 aliphatic rings. The van der Waals surface area contributed by atoms with Crippen molar-refractivity contribution in [2.75, 3.05) is 25.1 Å². The molecule has 0 spiro atoms. The van der Waals surface area contributed by atoms with Crippen molar-refractivity contribution in [3.63, 3.8) is 0 Å². The summed E-state index contributed by atoms with van der Waals surface area (Å²) in [6.45, 7) is -0.299. The summed E-state index contributed by atoms with van der Waals surface area (Å²) in [5, 5.41) is 3.66. The highest BCUT2D eigenvalue weighted by Gasteiger charge is 2.28. The van der Waals surface area contributed by atoms with Gasteiger partial charge in [0.2, 0.25) is 5.91 Å². The van der Waals surface area contributed by atoms with Crippen LogP contribution in [-0.4, -0.2) is 35.1 Å². The molecule has 1 N–H and O–H groups in total. The van der Waals surface area contributed by atoms with E-state index in [0.717, 1.165) is 4.31 Å². The van der Waals surface area contributed by atoms with Gasteiger partial charge in [-0.25, -0.2) is 8.42 Å². The van der Waals surface area contributed by atoms with Gasteiger partial charge < -0.3 is 14.8 Å². The van der Waals surface area contributed by atoms with Crippen LogP contribution in [0.1, 0.15) is 5.56 Å². The molecular formula is C23H22Cl2N2O5S. The quantitative estimate of drug-likeness (QED) is 0.459. The normalized spacial score (nSPS) is 11.0. The van der Waals surface area contributed by atoms with Crippen LogP contribution >= 0.6 is 23.2 Å². The number of benzene rings is 3. The largest absolute Gasteiger partial charge is 0.493 e. The van der Waals surface area contributed by atoms with E-state index in [1.54, 1.807) is 36.4 Å². The van der Waals surface area contributed by atoms with E-state index in [9.17, 15) is 13.2 Å². The van der Waals surface area contributed by atoms with E-state index in [1.165, 1.54) is 44.6 Å². The molecule has 0 fully saturated rings. The van der Waals surface area contributed by atoms with E-state index in [-0.39, 0.29) is 22.9 Å². The number of nitrogens with zero attached hydrogens (tertiary/aromatic N) is 1. The number of anilines is 1. The highest BCUT2D eigenvalue weighted by Crippen LogP contribution is 2.32. The third-order valence-corrected chi connectivity index (χ3v) is 7.17. The predicted octanol–water partition coefficient (Wildman–Crippen LogP) is 4.52. The highest BCUT2D eigenvalue weighted by molar-refractivity contribution is 7.92. The van der Waals surface area contributed by atoms with Crippen LogP contribution in [0.25, 0.3) is 0 Å². The number of carbonyl (C=O) groups excluding carboxylic acids is 1. The summed E-state index contributed by atoms with van der Waals surface area (Å²) < 4.78 is 38.5. The first-order valence-corrected chi connectivity index (χ1v) is 12.0. The first kappa shape index (κ1) is 24.7. The van der Waals surface area contributed by atoms with Gasteiger partial charge in [-0.1, -0.05) is 41.4 Å². The van der Waals surface area contributed by atoms with Gasteiger partial charge in [-0.3, -0.25) is 9.10 Å². The third-order valence-electron chi connectivity index (χ3n) is 4.78. The first-order chi connectivity index (χ1) is 15.8. The lowest BCUT2D eigenvalue weighted by Gasteiger charge is -2.24. The number of methoxy groups -OCH3 is 2. The number of rotatable bonds is 9. The Balaban J connectivity index is 1.92. The van der Waals surface area contributed by atoms with Crippen LogP contribution in [0.15, 0.2) is 71.6 Å². The van der Waals surface area contributed by atoms with E-state index < -0.39 is 22.5 Å². The number of hydrogen-bond acceptors (Lipinski definition) is 5. The van der Waals surface area contributed by atoms with Crippen molar-refractivity contribution >= 4 is 44.8 Å². The zero-order chi connectivity index (χ0) is 24.0. The van der Waals surface area contributed by atoms with Crippen molar-refractivity contribution < 1.29 is 22.7 Å². The number of amides is 1. The summed E-state index contributed by atoms with van der Waals surface area (Å²) in [6.07, 6.45) is 0. The van der Waals surface area contributed by atoms with Gasteiger partial charge in [0.05, 0.1) is 24.8 Å². The Morgan fingerprint density at radius 2 is 1.61 bits per heavy atom. The molecule has 0 unspecified atom stereocenters. The van der Waals surface area contributed by atoms with E-state index in [4.69, 9.17) is 32.7 Å². The van der Waals surface area contributed by atoms with Gasteiger partial charge in [0.1, 0.15) is 6.54 Å². The maximum absolute atomic E-state index is 13.5. The van der Waals surface area contributed by atoms with Gasteiger partial charge >= 0.3 is 0 Å². The van der Waals surface area contributed by atoms with Crippen molar-refractivity contribution in [3.8, 4) is 11.5 Å². The molecule has 3 aromatic rings. The SMILES string of the molecule is COc1ccc(S(=O)(=O)N(CC(=O)NCc2ccccc2Cl)c2ccc(Cl)cc2)cc1OC. The molecule has 0 aliphatic carbocycles. The second-order valence-corrected chi connectivity index (χ2v) is 9.58. The second kappa shape index (κ2) is 10.8. The summed E-state index contributed by atoms with van der Waals surface area (Å²) in [6, 6.07) is 17.5. The number of halogens is 2. The monoisotopic (exact) mass is 508 g/mol. The van der Waals surface area contributed by atoms with Crippen molar-refractivity contribution in [2.24, 2.45) is 0 Å². The van der Waals surface area contributed by atoms with E-state index in [1.807, 2.05) is 0 Å². The maximum Gasteiger partial charge on any atom is 0.264 e. The molecule has 33 heavy (non-hydrogen) atoms. The number of carbonyl (C=O) groups is 1. The topological polar surface area (TPSA) is 84.9 Å². The third kappa shape index (κ3) is 5.90. The number of ether oxygens (including phenoxy) is 2. The number of hydrogen-bond donors (Lipinski definition) is 1. The van der Waals surface area contributed by atoms with Gasteiger partial charge in [0.15, 0.2) is 11.5 Å². The lowest BCUT2D eigenvalue weighted by molar-refractivity contribution is -0.119. The molecular weight excluding hydrogens is 487 g/mol. The molecule has 0 atom stereocenters. The lowest BCUT2D eigenvalue weighted by atomic mass is 10.2. The molecule has 10 heteroatoms. The van der Waals surface area contributed by atoms with Crippen LogP contribution in [0.4, 0.5) is 5.69 Å². The van der Waals surface area contributed by atoms with Crippen LogP contribution < -0.4 is 19.1 Å². The summed E-state index contributed by atoms with van der Waals surface area (Å²) >= 11 is 12.1. The zero-order valence-corrected chi connectivity index (χ0v) is 20.2. The standard InChI is InChI=1S/C23H22Cl2N2O5S/c1-31-21-12-11-19(13-22(21)32-2)33(29,30)27(18-9-7-17(24)8-10-18)15-23(28)26-14-16-5-3-4-6-20(16)25/h3-13H,14-15H2,1-2H3,(H,26,28). The summed E-state index contributed by atoms with van der Waals surface area (Å²) in [5.41, 5.74) is 0.996. The van der Waals surface area contributed by atoms with Crippen LogP contribution in [0.3, 0.4) is 0 Å². The summed E-state index contributed by atoms with van der Waals surface area (Å²) in [7, 11) is -1.28. The van der Waals surface area contributed by atoms with Crippen molar-refractivity contribution in [1.82, 2.24) is 5.32 Å². The van der Waals surface area contributed by atoms with Gasteiger partial charge in [-0.15, -0.1) is 0 Å². The van der Waals surface area contributed by atoms with Crippen molar-refractivity contribution in [2.45, 2.75) is 11.4 Å². The van der Waals surface area contributed by atoms with Crippen LogP contribution in [0.2, 0.25) is 10.0 Å². The molecule has 1 amide bonds. The minimum Gasteiger partial charge on any atom is -0.493 e. The second-order valence-electron chi connectivity index (χ2n) is 6.87. The predicted molar refractivity (Wildman–Crippen MR) is 129 cm³/mol. The van der Waals surface area contributed by atoms with Gasteiger partial charge in [0.25, 0.3) is 10.0 Å². The molecule has 174 valence electrons. The number of sulfonamides is 1. The Labute approximate surface area is 202 Å². The average molecular weight is 509 g/mol. The molecule has 0 aromatic heterocycles. The van der Waals surface area contributed by atoms with Crippen molar-refractivity contribution in [3.05, 3.63) is 82.3 Å². The Kier molecular flexibility index (Phi) is 8.07. The van der Waals surface area contributed by atoms with Crippen LogP contribution in [0.5, 0.6) is 11.5 Å². The molecule has 3 aromatic carbocycles. The maximum atomic E-state index is 13.5. The lowest BCUT2D eigenvalue weighted by Crippen LogP contribution is -2.40. The van der Waals surface area contributed by atoms with Gasteiger partial charge in [-0.2, -0.15) is 0 Å². The first-order valence-electron chi connectivity index (χ1n) is 9.76. The van der Waals surface area contributed by atoms with Crippen molar-refractivity contribution in [1.29, 1.82) is 0 Å². The minimum absolute atomic E-state index is 0.0611. The average Bonchev–Trinajstić information content (AvgIpc) is 2.82. The fourth-order valence-corrected chi connectivity index (χ4v) is 4.81. The van der Waals surface area contributed by atoms with Gasteiger partial charge in [0, 0.05) is 22.7 Å². The Morgan fingerprint density at radius 1 is 0.939 bits per heavy atom. The summed E-state index contributed by atoms with van der Waals surface area (Å²) in [5.74, 6) is 0.124. The van der Waals surface area contributed by atoms with Crippen LogP contribution in [-0.2, 0) is 21.4 Å².